The Morgan fingerprint density at radius 1 is 1.03 bits per heavy atom. The number of anilines is 3. The fraction of sp³-hybridized carbons (Fsp3) is 0.318. The van der Waals surface area contributed by atoms with Crippen LogP contribution in [0.1, 0.15) is 25.3 Å². The molecule has 3 rings (SSSR count). The van der Waals surface area contributed by atoms with Crippen LogP contribution in [0, 0.1) is 6.92 Å². The number of thioether (sulfide) groups is 1. The van der Waals surface area contributed by atoms with Gasteiger partial charge in [-0.25, -0.2) is 0 Å². The molecule has 2 aromatic rings. The molecule has 7 heteroatoms. The monoisotopic (exact) mass is 411 g/mol. The van der Waals surface area contributed by atoms with Crippen LogP contribution >= 0.6 is 11.8 Å². The van der Waals surface area contributed by atoms with Crippen molar-refractivity contribution in [2.24, 2.45) is 0 Å². The van der Waals surface area contributed by atoms with E-state index in [9.17, 15) is 14.4 Å². The zero-order valence-corrected chi connectivity index (χ0v) is 17.4. The summed E-state index contributed by atoms with van der Waals surface area (Å²) < 4.78 is 0. The van der Waals surface area contributed by atoms with Gasteiger partial charge in [-0.15, -0.1) is 11.8 Å². The number of rotatable bonds is 7. The SMILES string of the molecule is Cc1ccc(NC(=O)CSC(C)C(=O)Nc2ccc(N3CCCC3=O)cc2)cc1. The molecule has 1 saturated heterocycles. The molecular formula is C22H25N3O3S. The molecule has 2 aromatic carbocycles. The van der Waals surface area contributed by atoms with Crippen LogP contribution in [-0.2, 0) is 14.4 Å². The summed E-state index contributed by atoms with van der Waals surface area (Å²) in [5, 5.41) is 5.31. The number of benzene rings is 2. The van der Waals surface area contributed by atoms with Gasteiger partial charge in [-0.2, -0.15) is 0 Å². The Hall–Kier alpha value is -2.80. The molecule has 1 heterocycles. The second-order valence-corrected chi connectivity index (χ2v) is 8.38. The molecule has 0 aliphatic carbocycles. The predicted molar refractivity (Wildman–Crippen MR) is 118 cm³/mol. The Kier molecular flexibility index (Phi) is 6.93. The third-order valence-corrected chi connectivity index (χ3v) is 5.83. The van der Waals surface area contributed by atoms with Gasteiger partial charge in [0.1, 0.15) is 0 Å². The highest BCUT2D eigenvalue weighted by molar-refractivity contribution is 8.01. The maximum Gasteiger partial charge on any atom is 0.237 e. The summed E-state index contributed by atoms with van der Waals surface area (Å²) in [6.45, 7) is 4.50. The van der Waals surface area contributed by atoms with Crippen molar-refractivity contribution in [3.63, 3.8) is 0 Å². The minimum Gasteiger partial charge on any atom is -0.325 e. The largest absolute Gasteiger partial charge is 0.325 e. The molecule has 0 aromatic heterocycles. The van der Waals surface area contributed by atoms with Crippen LogP contribution in [0.5, 0.6) is 0 Å². The van der Waals surface area contributed by atoms with Crippen molar-refractivity contribution in [2.75, 3.05) is 27.8 Å². The van der Waals surface area contributed by atoms with Crippen LogP contribution in [0.4, 0.5) is 17.1 Å². The highest BCUT2D eigenvalue weighted by Crippen LogP contribution is 2.23. The third-order valence-electron chi connectivity index (χ3n) is 4.69. The van der Waals surface area contributed by atoms with E-state index >= 15 is 0 Å². The highest BCUT2D eigenvalue weighted by atomic mass is 32.2. The molecule has 3 amide bonds. The maximum atomic E-state index is 12.4. The Balaban J connectivity index is 1.45. The predicted octanol–water partition coefficient (Wildman–Crippen LogP) is 3.82. The fourth-order valence-corrected chi connectivity index (χ4v) is 3.68. The standard InChI is InChI=1S/C22H25N3O3S/c1-15-5-7-17(8-6-15)23-20(26)14-29-16(2)22(28)24-18-9-11-19(12-10-18)25-13-3-4-21(25)27/h5-12,16H,3-4,13-14H2,1-2H3,(H,23,26)(H,24,28). The van der Waals surface area contributed by atoms with Gasteiger partial charge in [0.05, 0.1) is 11.0 Å². The molecule has 1 aliphatic rings. The van der Waals surface area contributed by atoms with Crippen molar-refractivity contribution in [3.8, 4) is 0 Å². The summed E-state index contributed by atoms with van der Waals surface area (Å²) in [7, 11) is 0. The van der Waals surface area contributed by atoms with Crippen molar-refractivity contribution in [1.29, 1.82) is 0 Å². The average molecular weight is 412 g/mol. The van der Waals surface area contributed by atoms with Gasteiger partial charge < -0.3 is 15.5 Å². The average Bonchev–Trinajstić information content (AvgIpc) is 3.14. The minimum absolute atomic E-state index is 0.135. The molecule has 0 saturated carbocycles. The third kappa shape index (κ3) is 5.84. The van der Waals surface area contributed by atoms with E-state index in [1.54, 1.807) is 24.0 Å². The maximum absolute atomic E-state index is 12.4. The van der Waals surface area contributed by atoms with Crippen LogP contribution in [0.15, 0.2) is 48.5 Å². The first-order chi connectivity index (χ1) is 13.9. The molecule has 1 aliphatic heterocycles. The molecular weight excluding hydrogens is 386 g/mol. The lowest BCUT2D eigenvalue weighted by molar-refractivity contribution is -0.117. The quantitative estimate of drug-likeness (QED) is 0.726. The van der Waals surface area contributed by atoms with Crippen LogP contribution in [0.3, 0.4) is 0 Å². The van der Waals surface area contributed by atoms with Crippen LogP contribution in [-0.4, -0.2) is 35.3 Å². The van der Waals surface area contributed by atoms with Crippen LogP contribution in [0.25, 0.3) is 0 Å². The Labute approximate surface area is 175 Å². The lowest BCUT2D eigenvalue weighted by Gasteiger charge is -2.16. The van der Waals surface area contributed by atoms with Crippen LogP contribution < -0.4 is 15.5 Å². The number of hydrogen-bond acceptors (Lipinski definition) is 4. The molecule has 0 radical (unpaired) electrons. The van der Waals surface area contributed by atoms with Gasteiger partial charge in [-0.1, -0.05) is 17.7 Å². The van der Waals surface area contributed by atoms with Gasteiger partial charge in [-0.05, 0) is 56.7 Å². The summed E-state index contributed by atoms with van der Waals surface area (Å²) >= 11 is 1.28. The van der Waals surface area contributed by atoms with Crippen molar-refractivity contribution >= 4 is 46.5 Å². The molecule has 0 bridgehead atoms. The number of carbonyl (C=O) groups is 3. The number of aryl methyl sites for hydroxylation is 1. The van der Waals surface area contributed by atoms with Gasteiger partial charge in [0.2, 0.25) is 17.7 Å². The lowest BCUT2D eigenvalue weighted by atomic mass is 10.2. The molecule has 1 atom stereocenters. The summed E-state index contributed by atoms with van der Waals surface area (Å²) in [6, 6.07) is 14.8. The Morgan fingerprint density at radius 3 is 2.28 bits per heavy atom. The summed E-state index contributed by atoms with van der Waals surface area (Å²) in [5.74, 6) is 0.0235. The van der Waals surface area contributed by atoms with E-state index in [0.29, 0.717) is 12.1 Å². The van der Waals surface area contributed by atoms with Gasteiger partial charge >= 0.3 is 0 Å². The van der Waals surface area contributed by atoms with Gasteiger partial charge in [-0.3, -0.25) is 14.4 Å². The number of nitrogens with zero attached hydrogens (tertiary/aromatic N) is 1. The summed E-state index contributed by atoms with van der Waals surface area (Å²) in [4.78, 5) is 38.0. The van der Waals surface area contributed by atoms with E-state index in [-0.39, 0.29) is 28.7 Å². The number of nitrogens with one attached hydrogen (secondary N) is 2. The summed E-state index contributed by atoms with van der Waals surface area (Å²) in [6.07, 6.45) is 1.47. The molecule has 1 fully saturated rings. The molecule has 29 heavy (non-hydrogen) atoms. The molecule has 152 valence electrons. The lowest BCUT2D eigenvalue weighted by Crippen LogP contribution is -2.25. The van der Waals surface area contributed by atoms with Crippen molar-refractivity contribution in [3.05, 3.63) is 54.1 Å². The van der Waals surface area contributed by atoms with Crippen molar-refractivity contribution in [2.45, 2.75) is 31.9 Å². The first-order valence-electron chi connectivity index (χ1n) is 9.62. The minimum atomic E-state index is -0.376. The zero-order chi connectivity index (χ0) is 20.8. The molecule has 0 spiro atoms. The van der Waals surface area contributed by atoms with Gasteiger partial charge in [0, 0.05) is 30.0 Å². The smallest absolute Gasteiger partial charge is 0.237 e. The number of carbonyl (C=O) groups excluding carboxylic acids is 3. The van der Waals surface area contributed by atoms with Gasteiger partial charge in [0.25, 0.3) is 0 Å². The first-order valence-corrected chi connectivity index (χ1v) is 10.7. The molecule has 2 N–H and O–H groups in total. The second kappa shape index (κ2) is 9.60. The number of amides is 3. The normalized spacial score (nSPS) is 14.6. The fourth-order valence-electron chi connectivity index (χ4n) is 3.00. The summed E-state index contributed by atoms with van der Waals surface area (Å²) in [5.41, 5.74) is 3.39. The van der Waals surface area contributed by atoms with E-state index in [1.807, 2.05) is 43.3 Å². The van der Waals surface area contributed by atoms with E-state index in [1.165, 1.54) is 11.8 Å². The molecule has 1 unspecified atom stereocenters. The second-order valence-electron chi connectivity index (χ2n) is 7.05. The van der Waals surface area contributed by atoms with E-state index in [4.69, 9.17) is 0 Å². The number of hydrogen-bond donors (Lipinski definition) is 2. The van der Waals surface area contributed by atoms with E-state index in [2.05, 4.69) is 10.6 Å². The zero-order valence-electron chi connectivity index (χ0n) is 16.6. The topological polar surface area (TPSA) is 78.5 Å². The molecule has 6 nitrogen and oxygen atoms in total. The van der Waals surface area contributed by atoms with Crippen molar-refractivity contribution < 1.29 is 14.4 Å². The van der Waals surface area contributed by atoms with E-state index < -0.39 is 0 Å². The Morgan fingerprint density at radius 2 is 1.66 bits per heavy atom. The van der Waals surface area contributed by atoms with Gasteiger partial charge in [0.15, 0.2) is 0 Å². The van der Waals surface area contributed by atoms with Crippen LogP contribution in [0.2, 0.25) is 0 Å². The highest BCUT2D eigenvalue weighted by Gasteiger charge is 2.21. The van der Waals surface area contributed by atoms with Crippen molar-refractivity contribution in [1.82, 2.24) is 0 Å². The van der Waals surface area contributed by atoms with E-state index in [0.717, 1.165) is 29.9 Å². The first kappa shape index (κ1) is 20.9. The Bertz CT molecular complexity index is 881.